The number of amides is 1. The number of pyridine rings is 1. The van der Waals surface area contributed by atoms with Gasteiger partial charge in [-0.15, -0.1) is 0 Å². The second kappa shape index (κ2) is 10.3. The molecule has 0 unspecified atom stereocenters. The number of rotatable bonds is 9. The van der Waals surface area contributed by atoms with Gasteiger partial charge in [0.15, 0.2) is 5.82 Å². The monoisotopic (exact) mass is 416 g/mol. The van der Waals surface area contributed by atoms with Gasteiger partial charge in [0.05, 0.1) is 18.5 Å². The number of likely N-dealkylation sites (N-methyl/N-ethyl adjacent to an activating group) is 1. The van der Waals surface area contributed by atoms with Gasteiger partial charge in [-0.1, -0.05) is 0 Å². The molecule has 9 heteroatoms. The first kappa shape index (κ1) is 21.9. The number of hydrogen-bond donors (Lipinski definition) is 3. The van der Waals surface area contributed by atoms with E-state index >= 15 is 0 Å². The number of alkyl carbamates (subject to hydrolysis) is 1. The largest absolute Gasteiger partial charge is 0.446 e. The van der Waals surface area contributed by atoms with Crippen molar-refractivity contribution >= 4 is 23.4 Å². The molecule has 2 aromatic rings. The molecule has 1 saturated carbocycles. The van der Waals surface area contributed by atoms with Gasteiger partial charge in [0.25, 0.3) is 0 Å². The standard InChI is InChI=1S/C21H32N6O3/c1-14(2)23-21(28)30-17-7-5-15(11-17)18-12-20(26-25-18)24-19-8-6-16(13-22-19)27(3)9-10-29-4/h6,8,12-15,17H,5,7,9-11H2,1-4H3,(H,23,28)(H2,22,24,25,26)/t15-,17+/m1/s1. The van der Waals surface area contributed by atoms with Crippen LogP contribution in [0, 0.1) is 0 Å². The molecule has 3 rings (SSSR count). The van der Waals surface area contributed by atoms with Crippen molar-refractivity contribution in [3.63, 3.8) is 0 Å². The molecule has 0 bridgehead atoms. The van der Waals surface area contributed by atoms with Gasteiger partial charge in [-0.05, 0) is 45.2 Å². The lowest BCUT2D eigenvalue weighted by atomic mass is 10.0. The summed E-state index contributed by atoms with van der Waals surface area (Å²) >= 11 is 0. The van der Waals surface area contributed by atoms with Crippen LogP contribution in [0.1, 0.15) is 44.7 Å². The van der Waals surface area contributed by atoms with Gasteiger partial charge in [-0.2, -0.15) is 5.10 Å². The Bertz CT molecular complexity index is 807. The van der Waals surface area contributed by atoms with Crippen LogP contribution in [-0.2, 0) is 9.47 Å². The van der Waals surface area contributed by atoms with Crippen LogP contribution >= 0.6 is 0 Å². The lowest BCUT2D eigenvalue weighted by molar-refractivity contribution is 0.0981. The molecular formula is C21H32N6O3. The number of ether oxygens (including phenoxy) is 2. The van der Waals surface area contributed by atoms with Crippen LogP contribution in [0.4, 0.5) is 22.1 Å². The van der Waals surface area contributed by atoms with Crippen molar-refractivity contribution in [2.24, 2.45) is 0 Å². The van der Waals surface area contributed by atoms with Crippen LogP contribution in [0.25, 0.3) is 0 Å². The van der Waals surface area contributed by atoms with Crippen LogP contribution in [0.15, 0.2) is 24.4 Å². The number of H-pyrrole nitrogens is 1. The summed E-state index contributed by atoms with van der Waals surface area (Å²) in [5.41, 5.74) is 2.07. The molecule has 0 saturated heterocycles. The fourth-order valence-electron chi connectivity index (χ4n) is 3.53. The molecule has 3 N–H and O–H groups in total. The first-order chi connectivity index (χ1) is 14.4. The van der Waals surface area contributed by atoms with Crippen LogP contribution in [0.2, 0.25) is 0 Å². The summed E-state index contributed by atoms with van der Waals surface area (Å²) in [6, 6.07) is 6.02. The molecule has 0 radical (unpaired) electrons. The number of carbonyl (C=O) groups is 1. The van der Waals surface area contributed by atoms with Crippen molar-refractivity contribution in [1.82, 2.24) is 20.5 Å². The minimum atomic E-state index is -0.343. The Morgan fingerprint density at radius 3 is 2.87 bits per heavy atom. The number of nitrogens with one attached hydrogen (secondary N) is 3. The van der Waals surface area contributed by atoms with Crippen molar-refractivity contribution < 1.29 is 14.3 Å². The maximum atomic E-state index is 11.8. The molecule has 164 valence electrons. The Morgan fingerprint density at radius 2 is 2.17 bits per heavy atom. The summed E-state index contributed by atoms with van der Waals surface area (Å²) in [5.74, 6) is 1.75. The van der Waals surface area contributed by atoms with Crippen LogP contribution in [0.5, 0.6) is 0 Å². The fraction of sp³-hybridized carbons (Fsp3) is 0.571. The van der Waals surface area contributed by atoms with Gasteiger partial charge in [-0.25, -0.2) is 9.78 Å². The molecule has 30 heavy (non-hydrogen) atoms. The Morgan fingerprint density at radius 1 is 1.33 bits per heavy atom. The van der Waals surface area contributed by atoms with Gasteiger partial charge in [0.2, 0.25) is 0 Å². The maximum absolute atomic E-state index is 11.8. The normalized spacial score (nSPS) is 18.4. The topological polar surface area (TPSA) is 104 Å². The Hall–Kier alpha value is -2.81. The molecule has 1 aliphatic carbocycles. The van der Waals surface area contributed by atoms with E-state index in [1.54, 1.807) is 7.11 Å². The van der Waals surface area contributed by atoms with Crippen molar-refractivity contribution in [3.05, 3.63) is 30.1 Å². The molecule has 2 atom stereocenters. The second-order valence-corrected chi connectivity index (χ2v) is 7.99. The van der Waals surface area contributed by atoms with Crippen molar-refractivity contribution in [2.75, 3.05) is 37.5 Å². The molecule has 0 spiro atoms. The summed E-state index contributed by atoms with van der Waals surface area (Å²) < 4.78 is 10.6. The molecule has 0 aromatic carbocycles. The van der Waals surface area contributed by atoms with E-state index in [9.17, 15) is 4.79 Å². The van der Waals surface area contributed by atoms with Gasteiger partial charge >= 0.3 is 6.09 Å². The van der Waals surface area contributed by atoms with E-state index in [1.807, 2.05) is 45.3 Å². The van der Waals surface area contributed by atoms with E-state index in [-0.39, 0.29) is 18.2 Å². The third-order valence-electron chi connectivity index (χ3n) is 5.18. The first-order valence-electron chi connectivity index (χ1n) is 10.4. The van der Waals surface area contributed by atoms with E-state index in [4.69, 9.17) is 9.47 Å². The van der Waals surface area contributed by atoms with Gasteiger partial charge < -0.3 is 25.0 Å². The second-order valence-electron chi connectivity index (χ2n) is 7.99. The average Bonchev–Trinajstić information content (AvgIpc) is 3.35. The Kier molecular flexibility index (Phi) is 7.51. The SMILES string of the molecule is COCCN(C)c1ccc(Nc2cc([C@@H]3CC[C@H](OC(=O)NC(C)C)C3)[nH]n2)nc1. The number of carbonyl (C=O) groups excluding carboxylic acids is 1. The third kappa shape index (κ3) is 6.09. The first-order valence-corrected chi connectivity index (χ1v) is 10.4. The number of aromatic amines is 1. The highest BCUT2D eigenvalue weighted by molar-refractivity contribution is 5.67. The quantitative estimate of drug-likeness (QED) is 0.575. The zero-order valence-corrected chi connectivity index (χ0v) is 18.1. The summed E-state index contributed by atoms with van der Waals surface area (Å²) in [6.45, 7) is 5.31. The average molecular weight is 417 g/mol. The molecule has 0 aliphatic heterocycles. The summed E-state index contributed by atoms with van der Waals surface area (Å²) in [7, 11) is 3.70. The smallest absolute Gasteiger partial charge is 0.407 e. The van der Waals surface area contributed by atoms with Crippen LogP contribution in [-0.4, -0.2) is 60.7 Å². The minimum Gasteiger partial charge on any atom is -0.446 e. The fourth-order valence-corrected chi connectivity index (χ4v) is 3.53. The molecule has 1 fully saturated rings. The zero-order valence-electron chi connectivity index (χ0n) is 18.1. The van der Waals surface area contributed by atoms with Crippen LogP contribution < -0.4 is 15.5 Å². The molecule has 2 heterocycles. The van der Waals surface area contributed by atoms with Gasteiger partial charge in [0.1, 0.15) is 11.9 Å². The van der Waals surface area contributed by atoms with Gasteiger partial charge in [0, 0.05) is 44.4 Å². The Labute approximate surface area is 177 Å². The highest BCUT2D eigenvalue weighted by atomic mass is 16.6. The van der Waals surface area contributed by atoms with E-state index < -0.39 is 0 Å². The predicted molar refractivity (Wildman–Crippen MR) is 116 cm³/mol. The number of nitrogens with zero attached hydrogens (tertiary/aromatic N) is 3. The molecule has 1 amide bonds. The number of anilines is 3. The lowest BCUT2D eigenvalue weighted by Gasteiger charge is -2.18. The van der Waals surface area contributed by atoms with Crippen molar-refractivity contribution in [3.8, 4) is 0 Å². The highest BCUT2D eigenvalue weighted by Crippen LogP contribution is 2.36. The van der Waals surface area contributed by atoms with Gasteiger partial charge in [-0.3, -0.25) is 5.10 Å². The molecule has 2 aromatic heterocycles. The Balaban J connectivity index is 1.51. The van der Waals surface area contributed by atoms with Crippen molar-refractivity contribution in [1.29, 1.82) is 0 Å². The van der Waals surface area contributed by atoms with E-state index in [0.29, 0.717) is 12.5 Å². The van der Waals surface area contributed by atoms with E-state index in [0.717, 1.165) is 48.8 Å². The van der Waals surface area contributed by atoms with Crippen molar-refractivity contribution in [2.45, 2.75) is 51.2 Å². The molecular weight excluding hydrogens is 384 g/mol. The summed E-state index contributed by atoms with van der Waals surface area (Å²) in [6.07, 6.45) is 4.04. The number of hydrogen-bond acceptors (Lipinski definition) is 7. The third-order valence-corrected chi connectivity index (χ3v) is 5.18. The zero-order chi connectivity index (χ0) is 21.5. The predicted octanol–water partition coefficient (Wildman–Crippen LogP) is 3.40. The van der Waals surface area contributed by atoms with E-state index in [2.05, 4.69) is 30.7 Å². The lowest BCUT2D eigenvalue weighted by Crippen LogP contribution is -2.33. The molecule has 1 aliphatic rings. The summed E-state index contributed by atoms with van der Waals surface area (Å²) in [4.78, 5) is 18.4. The van der Waals surface area contributed by atoms with E-state index in [1.165, 1.54) is 0 Å². The minimum absolute atomic E-state index is 0.0576. The highest BCUT2D eigenvalue weighted by Gasteiger charge is 2.30. The number of methoxy groups -OCH3 is 1. The summed E-state index contributed by atoms with van der Waals surface area (Å²) in [5, 5.41) is 13.5. The molecule has 9 nitrogen and oxygen atoms in total. The van der Waals surface area contributed by atoms with Crippen LogP contribution in [0.3, 0.4) is 0 Å². The number of aromatic nitrogens is 3. The maximum Gasteiger partial charge on any atom is 0.407 e.